The lowest BCUT2D eigenvalue weighted by Crippen LogP contribution is -2.25. The second kappa shape index (κ2) is 7.11. The maximum absolute atomic E-state index is 11.7. The van der Waals surface area contributed by atoms with Crippen LogP contribution in [0.5, 0.6) is 5.75 Å². The minimum atomic E-state index is -0.207. The molecule has 1 N–H and O–H groups in total. The lowest BCUT2D eigenvalue weighted by Gasteiger charge is -2.01. The van der Waals surface area contributed by atoms with Crippen LogP contribution in [-0.4, -0.2) is 24.5 Å². The summed E-state index contributed by atoms with van der Waals surface area (Å²) in [4.78, 5) is 16.3. The van der Waals surface area contributed by atoms with Gasteiger partial charge in [-0.25, -0.2) is 4.98 Å². The highest BCUT2D eigenvalue weighted by atomic mass is 32.1. The molecule has 0 atom stereocenters. The summed E-state index contributed by atoms with van der Waals surface area (Å²) in [6.45, 7) is 0.523. The molecular weight excluding hydrogens is 312 g/mol. The van der Waals surface area contributed by atoms with Crippen molar-refractivity contribution in [2.24, 2.45) is 0 Å². The van der Waals surface area contributed by atoms with Crippen LogP contribution in [0, 0.1) is 0 Å². The maximum Gasteiger partial charge on any atom is 0.286 e. The molecular formula is C17H16N2O3S. The molecule has 3 rings (SSSR count). The number of carbonyl (C=O) groups is 1. The van der Waals surface area contributed by atoms with E-state index in [1.54, 1.807) is 30.6 Å². The molecule has 2 heterocycles. The van der Waals surface area contributed by atoms with Gasteiger partial charge in [0.05, 0.1) is 24.1 Å². The Balaban J connectivity index is 1.55. The predicted octanol–water partition coefficient (Wildman–Crippen LogP) is 3.38. The molecule has 0 saturated heterocycles. The molecule has 3 aromatic rings. The van der Waals surface area contributed by atoms with Gasteiger partial charge in [-0.15, -0.1) is 11.3 Å². The highest BCUT2D eigenvalue weighted by molar-refractivity contribution is 7.09. The Labute approximate surface area is 137 Å². The molecule has 23 heavy (non-hydrogen) atoms. The van der Waals surface area contributed by atoms with Crippen LogP contribution in [-0.2, 0) is 6.42 Å². The Morgan fingerprint density at radius 2 is 2.13 bits per heavy atom. The standard InChI is InChI=1S/C17H16N2O3S/c1-21-13-6-4-12(5-7-13)14-11-23-16(19-14)8-9-18-17(20)15-3-2-10-22-15/h2-7,10-11H,8-9H2,1H3,(H,18,20). The third kappa shape index (κ3) is 3.78. The first kappa shape index (κ1) is 15.3. The largest absolute Gasteiger partial charge is 0.497 e. The molecule has 6 heteroatoms. The normalized spacial score (nSPS) is 10.5. The number of carbonyl (C=O) groups excluding carboxylic acids is 1. The van der Waals surface area contributed by atoms with Crippen molar-refractivity contribution in [3.8, 4) is 17.0 Å². The third-order valence-electron chi connectivity index (χ3n) is 3.31. The van der Waals surface area contributed by atoms with E-state index in [0.29, 0.717) is 18.7 Å². The zero-order chi connectivity index (χ0) is 16.1. The third-order valence-corrected chi connectivity index (χ3v) is 4.22. The second-order valence-electron chi connectivity index (χ2n) is 4.84. The molecule has 2 aromatic heterocycles. The number of aromatic nitrogens is 1. The highest BCUT2D eigenvalue weighted by Gasteiger charge is 2.09. The molecule has 0 aliphatic heterocycles. The fourth-order valence-corrected chi connectivity index (χ4v) is 2.91. The van der Waals surface area contributed by atoms with E-state index >= 15 is 0 Å². The SMILES string of the molecule is COc1ccc(-c2csc(CCNC(=O)c3ccco3)n2)cc1. The van der Waals surface area contributed by atoms with Gasteiger partial charge in [-0.2, -0.15) is 0 Å². The number of methoxy groups -OCH3 is 1. The summed E-state index contributed by atoms with van der Waals surface area (Å²) in [6.07, 6.45) is 2.17. The van der Waals surface area contributed by atoms with Crippen LogP contribution < -0.4 is 10.1 Å². The van der Waals surface area contributed by atoms with Crippen molar-refractivity contribution in [1.29, 1.82) is 0 Å². The number of amides is 1. The molecule has 5 nitrogen and oxygen atoms in total. The smallest absolute Gasteiger partial charge is 0.286 e. The number of benzene rings is 1. The van der Waals surface area contributed by atoms with E-state index in [2.05, 4.69) is 10.3 Å². The molecule has 1 amide bonds. The zero-order valence-corrected chi connectivity index (χ0v) is 13.4. The fourth-order valence-electron chi connectivity index (χ4n) is 2.10. The van der Waals surface area contributed by atoms with E-state index in [1.807, 2.05) is 29.6 Å². The number of thiazole rings is 1. The van der Waals surface area contributed by atoms with Gasteiger partial charge in [0.25, 0.3) is 5.91 Å². The summed E-state index contributed by atoms with van der Waals surface area (Å²) in [7, 11) is 1.65. The first-order valence-corrected chi connectivity index (χ1v) is 8.05. The van der Waals surface area contributed by atoms with Crippen LogP contribution in [0.1, 0.15) is 15.6 Å². The van der Waals surface area contributed by atoms with Crippen LogP contribution in [0.25, 0.3) is 11.3 Å². The average molecular weight is 328 g/mol. The van der Waals surface area contributed by atoms with E-state index in [9.17, 15) is 4.79 Å². The molecule has 0 bridgehead atoms. The van der Waals surface area contributed by atoms with Crippen molar-refractivity contribution in [1.82, 2.24) is 10.3 Å². The molecule has 1 aromatic carbocycles. The lowest BCUT2D eigenvalue weighted by atomic mass is 10.2. The van der Waals surface area contributed by atoms with Crippen molar-refractivity contribution < 1.29 is 13.9 Å². The van der Waals surface area contributed by atoms with Gasteiger partial charge in [-0.3, -0.25) is 4.79 Å². The number of furan rings is 1. The summed E-state index contributed by atoms with van der Waals surface area (Å²) in [5, 5.41) is 5.82. The van der Waals surface area contributed by atoms with Crippen LogP contribution >= 0.6 is 11.3 Å². The first-order valence-electron chi connectivity index (χ1n) is 7.17. The number of hydrogen-bond donors (Lipinski definition) is 1. The van der Waals surface area contributed by atoms with Gasteiger partial charge in [0, 0.05) is 23.9 Å². The van der Waals surface area contributed by atoms with Gasteiger partial charge in [0.15, 0.2) is 5.76 Å². The second-order valence-corrected chi connectivity index (χ2v) is 5.78. The molecule has 0 fully saturated rings. The van der Waals surface area contributed by atoms with E-state index in [1.165, 1.54) is 6.26 Å². The van der Waals surface area contributed by atoms with Crippen molar-refractivity contribution in [3.63, 3.8) is 0 Å². The number of rotatable bonds is 6. The number of nitrogens with one attached hydrogen (secondary N) is 1. The minimum absolute atomic E-state index is 0.207. The molecule has 0 aliphatic rings. The molecule has 0 aliphatic carbocycles. The lowest BCUT2D eigenvalue weighted by molar-refractivity contribution is 0.0926. The summed E-state index contributed by atoms with van der Waals surface area (Å²) < 4.78 is 10.2. The molecule has 0 unspecified atom stereocenters. The van der Waals surface area contributed by atoms with E-state index in [4.69, 9.17) is 9.15 Å². The topological polar surface area (TPSA) is 64.4 Å². The van der Waals surface area contributed by atoms with Crippen LogP contribution in [0.2, 0.25) is 0 Å². The minimum Gasteiger partial charge on any atom is -0.497 e. The Bertz CT molecular complexity index is 764. The summed E-state index contributed by atoms with van der Waals surface area (Å²) >= 11 is 1.59. The van der Waals surface area contributed by atoms with Crippen molar-refractivity contribution >= 4 is 17.2 Å². The average Bonchev–Trinajstić information content (AvgIpc) is 3.27. The van der Waals surface area contributed by atoms with Crippen molar-refractivity contribution in [3.05, 3.63) is 58.8 Å². The summed E-state index contributed by atoms with van der Waals surface area (Å²) in [5.74, 6) is 0.940. The number of ether oxygens (including phenoxy) is 1. The molecule has 0 saturated carbocycles. The molecule has 118 valence electrons. The van der Waals surface area contributed by atoms with Gasteiger partial charge in [-0.05, 0) is 36.4 Å². The van der Waals surface area contributed by atoms with E-state index in [0.717, 1.165) is 22.0 Å². The van der Waals surface area contributed by atoms with Gasteiger partial charge in [0.2, 0.25) is 0 Å². The van der Waals surface area contributed by atoms with E-state index in [-0.39, 0.29) is 5.91 Å². The Kier molecular flexibility index (Phi) is 4.73. The van der Waals surface area contributed by atoms with Gasteiger partial charge in [-0.1, -0.05) is 0 Å². The number of hydrogen-bond acceptors (Lipinski definition) is 5. The zero-order valence-electron chi connectivity index (χ0n) is 12.6. The summed E-state index contributed by atoms with van der Waals surface area (Å²) in [6, 6.07) is 11.1. The summed E-state index contributed by atoms with van der Waals surface area (Å²) in [5.41, 5.74) is 1.98. The fraction of sp³-hybridized carbons (Fsp3) is 0.176. The molecule has 0 radical (unpaired) electrons. The van der Waals surface area contributed by atoms with Gasteiger partial charge in [0.1, 0.15) is 5.75 Å². The van der Waals surface area contributed by atoms with Crippen molar-refractivity contribution in [2.75, 3.05) is 13.7 Å². The van der Waals surface area contributed by atoms with Crippen LogP contribution in [0.3, 0.4) is 0 Å². The van der Waals surface area contributed by atoms with Gasteiger partial charge >= 0.3 is 0 Å². The predicted molar refractivity (Wildman–Crippen MR) is 88.8 cm³/mol. The van der Waals surface area contributed by atoms with Gasteiger partial charge < -0.3 is 14.5 Å². The Hall–Kier alpha value is -2.60. The quantitative estimate of drug-likeness (QED) is 0.753. The highest BCUT2D eigenvalue weighted by Crippen LogP contribution is 2.24. The Morgan fingerprint density at radius 3 is 2.83 bits per heavy atom. The first-order chi connectivity index (χ1) is 11.3. The van der Waals surface area contributed by atoms with Crippen molar-refractivity contribution in [2.45, 2.75) is 6.42 Å². The van der Waals surface area contributed by atoms with Crippen LogP contribution in [0.15, 0.2) is 52.5 Å². The Morgan fingerprint density at radius 1 is 1.30 bits per heavy atom. The monoisotopic (exact) mass is 328 g/mol. The molecule has 0 spiro atoms. The van der Waals surface area contributed by atoms with Crippen LogP contribution in [0.4, 0.5) is 0 Å². The van der Waals surface area contributed by atoms with E-state index < -0.39 is 0 Å². The number of nitrogens with zero attached hydrogens (tertiary/aromatic N) is 1. The maximum atomic E-state index is 11.7.